The molecule has 0 aromatic carbocycles. The Labute approximate surface area is 119 Å². The van der Waals surface area contributed by atoms with Crippen LogP contribution in [-0.4, -0.2) is 51.5 Å². The van der Waals surface area contributed by atoms with Crippen molar-refractivity contribution >= 4 is 27.2 Å². The summed E-state index contributed by atoms with van der Waals surface area (Å²) in [4.78, 5) is 17.8. The molecule has 1 heterocycles. The van der Waals surface area contributed by atoms with Gasteiger partial charge in [0.2, 0.25) is 5.91 Å². The second-order valence-corrected chi connectivity index (χ2v) is 7.07. The van der Waals surface area contributed by atoms with E-state index in [9.17, 15) is 13.2 Å². The fourth-order valence-corrected chi connectivity index (χ4v) is 2.11. The van der Waals surface area contributed by atoms with Gasteiger partial charge in [-0.15, -0.1) is 0 Å². The maximum absolute atomic E-state index is 11.8. The SMILES string of the molecule is CN(C)c1ccc(NC(=O)C(N)CCS(C)(=O)=O)cn1. The summed E-state index contributed by atoms with van der Waals surface area (Å²) < 4.78 is 22.0. The standard InChI is InChI=1S/C12H20N4O3S/c1-16(2)11-5-4-9(8-14-11)15-12(17)10(13)6-7-20(3,18)19/h4-5,8,10H,6-7,13H2,1-3H3,(H,15,17). The molecule has 1 aromatic rings. The van der Waals surface area contributed by atoms with Gasteiger partial charge in [0.25, 0.3) is 0 Å². The van der Waals surface area contributed by atoms with E-state index in [1.54, 1.807) is 12.1 Å². The number of nitrogens with one attached hydrogen (secondary N) is 1. The number of pyridine rings is 1. The fourth-order valence-electron chi connectivity index (χ4n) is 1.43. The highest BCUT2D eigenvalue weighted by atomic mass is 32.2. The first-order valence-corrected chi connectivity index (χ1v) is 8.12. The Hall–Kier alpha value is -1.67. The Bertz CT molecular complexity index is 555. The molecule has 20 heavy (non-hydrogen) atoms. The van der Waals surface area contributed by atoms with Gasteiger partial charge in [-0.1, -0.05) is 0 Å². The fraction of sp³-hybridized carbons (Fsp3) is 0.500. The molecule has 0 fully saturated rings. The maximum Gasteiger partial charge on any atom is 0.241 e. The number of hydrogen-bond acceptors (Lipinski definition) is 6. The summed E-state index contributed by atoms with van der Waals surface area (Å²) in [5.41, 5.74) is 6.17. The van der Waals surface area contributed by atoms with Crippen LogP contribution in [0.15, 0.2) is 18.3 Å². The van der Waals surface area contributed by atoms with Crippen LogP contribution in [-0.2, 0) is 14.6 Å². The minimum absolute atomic E-state index is 0.0911. The molecular weight excluding hydrogens is 280 g/mol. The zero-order valence-electron chi connectivity index (χ0n) is 11.8. The number of rotatable bonds is 6. The number of anilines is 2. The van der Waals surface area contributed by atoms with Crippen LogP contribution in [0, 0.1) is 0 Å². The van der Waals surface area contributed by atoms with E-state index in [1.807, 2.05) is 19.0 Å². The predicted molar refractivity (Wildman–Crippen MR) is 79.5 cm³/mol. The second-order valence-electron chi connectivity index (χ2n) is 4.81. The third-order valence-corrected chi connectivity index (χ3v) is 3.59. The van der Waals surface area contributed by atoms with Gasteiger partial charge in [0.05, 0.1) is 23.7 Å². The molecule has 1 rings (SSSR count). The lowest BCUT2D eigenvalue weighted by molar-refractivity contribution is -0.117. The third-order valence-electron chi connectivity index (χ3n) is 2.61. The van der Waals surface area contributed by atoms with Crippen molar-refractivity contribution < 1.29 is 13.2 Å². The van der Waals surface area contributed by atoms with E-state index < -0.39 is 21.8 Å². The lowest BCUT2D eigenvalue weighted by atomic mass is 10.2. The van der Waals surface area contributed by atoms with Gasteiger partial charge in [-0.2, -0.15) is 0 Å². The first kappa shape index (κ1) is 16.4. The summed E-state index contributed by atoms with van der Waals surface area (Å²) in [5.74, 6) is 0.233. The zero-order chi connectivity index (χ0) is 15.3. The molecule has 3 N–H and O–H groups in total. The monoisotopic (exact) mass is 300 g/mol. The molecule has 112 valence electrons. The molecule has 1 unspecified atom stereocenters. The van der Waals surface area contributed by atoms with Crippen molar-refractivity contribution in [2.24, 2.45) is 5.73 Å². The average molecular weight is 300 g/mol. The predicted octanol–water partition coefficient (Wildman–Crippen LogP) is -0.152. The summed E-state index contributed by atoms with van der Waals surface area (Å²) in [6, 6.07) is 2.61. The minimum atomic E-state index is -3.12. The van der Waals surface area contributed by atoms with Gasteiger partial charge in [0, 0.05) is 20.4 Å². The molecule has 1 amide bonds. The average Bonchev–Trinajstić information content (AvgIpc) is 2.35. The molecule has 0 aliphatic rings. The van der Waals surface area contributed by atoms with Gasteiger partial charge in [0.1, 0.15) is 15.7 Å². The Balaban J connectivity index is 2.57. The Kier molecular flexibility index (Phi) is 5.46. The van der Waals surface area contributed by atoms with Crippen LogP contribution in [0.4, 0.5) is 11.5 Å². The summed E-state index contributed by atoms with van der Waals surface area (Å²) in [6.45, 7) is 0. The number of carbonyl (C=O) groups is 1. The molecule has 1 aromatic heterocycles. The number of sulfone groups is 1. The zero-order valence-corrected chi connectivity index (χ0v) is 12.6. The minimum Gasteiger partial charge on any atom is -0.363 e. The normalized spacial score (nSPS) is 12.8. The molecule has 0 aliphatic carbocycles. The van der Waals surface area contributed by atoms with Crippen molar-refractivity contribution in [3.8, 4) is 0 Å². The van der Waals surface area contributed by atoms with Crippen molar-refractivity contribution in [1.82, 2.24) is 4.98 Å². The number of aromatic nitrogens is 1. The smallest absolute Gasteiger partial charge is 0.241 e. The topological polar surface area (TPSA) is 105 Å². The molecule has 0 bridgehead atoms. The van der Waals surface area contributed by atoms with Crippen LogP contribution in [0.5, 0.6) is 0 Å². The lowest BCUT2D eigenvalue weighted by Crippen LogP contribution is -2.37. The van der Waals surface area contributed by atoms with Gasteiger partial charge in [-0.25, -0.2) is 13.4 Å². The van der Waals surface area contributed by atoms with Gasteiger partial charge in [-0.05, 0) is 18.6 Å². The van der Waals surface area contributed by atoms with Crippen LogP contribution in [0.3, 0.4) is 0 Å². The van der Waals surface area contributed by atoms with Crippen molar-refractivity contribution in [1.29, 1.82) is 0 Å². The quantitative estimate of drug-likeness (QED) is 0.757. The largest absolute Gasteiger partial charge is 0.363 e. The molecule has 8 heteroatoms. The molecule has 0 saturated heterocycles. The number of nitrogens with two attached hydrogens (primary N) is 1. The molecule has 0 aliphatic heterocycles. The lowest BCUT2D eigenvalue weighted by Gasteiger charge is -2.13. The van der Waals surface area contributed by atoms with Gasteiger partial charge >= 0.3 is 0 Å². The molecule has 0 saturated carbocycles. The Morgan fingerprint density at radius 1 is 1.45 bits per heavy atom. The van der Waals surface area contributed by atoms with Crippen LogP contribution < -0.4 is 16.0 Å². The van der Waals surface area contributed by atoms with E-state index in [1.165, 1.54) is 6.20 Å². The van der Waals surface area contributed by atoms with Crippen molar-refractivity contribution in [3.05, 3.63) is 18.3 Å². The van der Waals surface area contributed by atoms with Crippen LogP contribution >= 0.6 is 0 Å². The molecular formula is C12H20N4O3S. The van der Waals surface area contributed by atoms with Crippen molar-refractivity contribution in [3.63, 3.8) is 0 Å². The van der Waals surface area contributed by atoms with Gasteiger partial charge in [0.15, 0.2) is 0 Å². The van der Waals surface area contributed by atoms with E-state index in [0.29, 0.717) is 5.69 Å². The Morgan fingerprint density at radius 2 is 2.10 bits per heavy atom. The Morgan fingerprint density at radius 3 is 2.55 bits per heavy atom. The third kappa shape index (κ3) is 5.54. The van der Waals surface area contributed by atoms with E-state index in [4.69, 9.17) is 5.73 Å². The van der Waals surface area contributed by atoms with E-state index in [-0.39, 0.29) is 12.2 Å². The molecule has 0 spiro atoms. The highest BCUT2D eigenvalue weighted by molar-refractivity contribution is 7.90. The van der Waals surface area contributed by atoms with E-state index >= 15 is 0 Å². The highest BCUT2D eigenvalue weighted by Gasteiger charge is 2.16. The van der Waals surface area contributed by atoms with Crippen molar-refractivity contribution in [2.45, 2.75) is 12.5 Å². The highest BCUT2D eigenvalue weighted by Crippen LogP contribution is 2.12. The molecule has 7 nitrogen and oxygen atoms in total. The number of amides is 1. The van der Waals surface area contributed by atoms with Crippen molar-refractivity contribution in [2.75, 3.05) is 36.3 Å². The summed E-state index contributed by atoms with van der Waals surface area (Å²) in [7, 11) is 0.607. The van der Waals surface area contributed by atoms with Crippen LogP contribution in [0.1, 0.15) is 6.42 Å². The van der Waals surface area contributed by atoms with Gasteiger partial charge in [-0.3, -0.25) is 4.79 Å². The summed E-state index contributed by atoms with van der Waals surface area (Å²) >= 11 is 0. The summed E-state index contributed by atoms with van der Waals surface area (Å²) in [6.07, 6.45) is 2.73. The summed E-state index contributed by atoms with van der Waals surface area (Å²) in [5, 5.41) is 2.60. The van der Waals surface area contributed by atoms with Crippen LogP contribution in [0.2, 0.25) is 0 Å². The first-order valence-electron chi connectivity index (χ1n) is 6.06. The number of nitrogens with zero attached hydrogens (tertiary/aromatic N) is 2. The number of carbonyl (C=O) groups excluding carboxylic acids is 1. The molecule has 0 radical (unpaired) electrons. The van der Waals surface area contributed by atoms with Crippen LogP contribution in [0.25, 0.3) is 0 Å². The number of hydrogen-bond donors (Lipinski definition) is 2. The first-order chi connectivity index (χ1) is 9.19. The molecule has 1 atom stereocenters. The second kappa shape index (κ2) is 6.67. The maximum atomic E-state index is 11.8. The van der Waals surface area contributed by atoms with E-state index in [2.05, 4.69) is 10.3 Å². The van der Waals surface area contributed by atoms with E-state index in [0.717, 1.165) is 12.1 Å². The van der Waals surface area contributed by atoms with Gasteiger partial charge < -0.3 is 16.0 Å².